The van der Waals surface area contributed by atoms with Gasteiger partial charge in [0.25, 0.3) is 5.91 Å². The number of hydrogen-bond donors (Lipinski definition) is 3. The Hall–Kier alpha value is -5.82. The molecule has 6 heterocycles. The number of carbonyl (C=O) groups excluding carboxylic acids is 2. The van der Waals surface area contributed by atoms with Gasteiger partial charge in [-0.2, -0.15) is 10.2 Å². The number of amides is 2. The number of piperidine rings is 1. The summed E-state index contributed by atoms with van der Waals surface area (Å²) >= 11 is 0. The van der Waals surface area contributed by atoms with Crippen molar-refractivity contribution < 1.29 is 14.7 Å². The predicted octanol–water partition coefficient (Wildman–Crippen LogP) is 4.60. The van der Waals surface area contributed by atoms with Crippen LogP contribution >= 0.6 is 0 Å². The molecule has 256 valence electrons. The molecular weight excluding hydrogens is 632 g/mol. The Labute approximate surface area is 289 Å². The average molecular weight is 673 g/mol. The normalized spacial score (nSPS) is 17.1. The van der Waals surface area contributed by atoms with E-state index in [1.807, 2.05) is 73.6 Å². The number of hydrogen-bond acceptors (Lipinski definition) is 9. The number of aliphatic hydroxyl groups is 1. The van der Waals surface area contributed by atoms with E-state index in [2.05, 4.69) is 31.5 Å². The number of benzene rings is 1. The number of nitrogens with two attached hydrogens (primary N) is 1. The lowest BCUT2D eigenvalue weighted by Gasteiger charge is -2.36. The third kappa shape index (κ3) is 5.89. The van der Waals surface area contributed by atoms with Crippen LogP contribution in [0.25, 0.3) is 22.2 Å². The van der Waals surface area contributed by atoms with Crippen LogP contribution in [-0.4, -0.2) is 70.5 Å². The quantitative estimate of drug-likeness (QED) is 0.225. The van der Waals surface area contributed by atoms with Crippen LogP contribution in [0.5, 0.6) is 0 Å². The minimum atomic E-state index is -1.25. The van der Waals surface area contributed by atoms with E-state index >= 15 is 0 Å². The Morgan fingerprint density at radius 2 is 1.80 bits per heavy atom. The predicted molar refractivity (Wildman–Crippen MR) is 191 cm³/mol. The summed E-state index contributed by atoms with van der Waals surface area (Å²) in [7, 11) is 1.83. The molecule has 2 aliphatic heterocycles. The molecule has 1 unspecified atom stereocenters. The Balaban J connectivity index is 1.15. The number of allylic oxidation sites excluding steroid dienone is 3. The Morgan fingerprint density at radius 1 is 1.04 bits per heavy atom. The molecule has 0 spiro atoms. The molecule has 0 radical (unpaired) electrons. The fraction of sp³-hybridized carbons (Fsp3) is 0.297. The molecular formula is C37H40N10O3. The van der Waals surface area contributed by atoms with Gasteiger partial charge in [-0.3, -0.25) is 19.3 Å². The molecule has 1 fully saturated rings. The van der Waals surface area contributed by atoms with Gasteiger partial charge < -0.3 is 26.0 Å². The van der Waals surface area contributed by atoms with Gasteiger partial charge in [-0.25, -0.2) is 9.50 Å². The summed E-state index contributed by atoms with van der Waals surface area (Å²) in [5, 5.41) is 23.4. The molecule has 4 N–H and O–H groups in total. The number of aryl methyl sites for hydroxylation is 1. The van der Waals surface area contributed by atoms with Crippen molar-refractivity contribution in [3.63, 3.8) is 0 Å². The highest BCUT2D eigenvalue weighted by molar-refractivity contribution is 6.08. The second-order valence-electron chi connectivity index (χ2n) is 13.1. The van der Waals surface area contributed by atoms with Crippen LogP contribution in [0.4, 0.5) is 17.2 Å². The van der Waals surface area contributed by atoms with Crippen molar-refractivity contribution in [2.45, 2.75) is 45.8 Å². The zero-order chi connectivity index (χ0) is 35.1. The molecule has 4 aromatic heterocycles. The van der Waals surface area contributed by atoms with Crippen LogP contribution in [0.3, 0.4) is 0 Å². The Kier molecular flexibility index (Phi) is 8.66. The highest BCUT2D eigenvalue weighted by Gasteiger charge is 2.33. The van der Waals surface area contributed by atoms with Crippen LogP contribution in [0.2, 0.25) is 0 Å². The second-order valence-corrected chi connectivity index (χ2v) is 13.1. The van der Waals surface area contributed by atoms with Crippen LogP contribution in [-0.2, 0) is 16.6 Å². The van der Waals surface area contributed by atoms with E-state index in [0.29, 0.717) is 30.3 Å². The summed E-state index contributed by atoms with van der Waals surface area (Å²) in [5.74, 6) is 0.292. The number of pyridine rings is 1. The Morgan fingerprint density at radius 3 is 2.46 bits per heavy atom. The van der Waals surface area contributed by atoms with Gasteiger partial charge in [0.1, 0.15) is 11.8 Å². The number of nitrogens with one attached hydrogen (secondary N) is 1. The summed E-state index contributed by atoms with van der Waals surface area (Å²) in [5.41, 5.74) is 13.6. The van der Waals surface area contributed by atoms with E-state index in [1.165, 1.54) is 6.33 Å². The number of aliphatic hydroxyl groups excluding tert-OH is 1. The van der Waals surface area contributed by atoms with Gasteiger partial charge in [0, 0.05) is 72.6 Å². The maximum absolute atomic E-state index is 13.8. The van der Waals surface area contributed by atoms with Crippen molar-refractivity contribution in [2.75, 3.05) is 29.0 Å². The number of likely N-dealkylation sites (tertiary alicyclic amines) is 1. The highest BCUT2D eigenvalue weighted by atomic mass is 16.3. The second kappa shape index (κ2) is 13.2. The molecule has 2 aliphatic rings. The first-order valence-electron chi connectivity index (χ1n) is 16.7. The van der Waals surface area contributed by atoms with Gasteiger partial charge in [0.15, 0.2) is 12.0 Å². The van der Waals surface area contributed by atoms with E-state index in [9.17, 15) is 14.7 Å². The van der Waals surface area contributed by atoms with Gasteiger partial charge in [-0.15, -0.1) is 0 Å². The minimum Gasteiger partial charge on any atom is -0.382 e. The SMILES string of the molecule is CC1=C(c2ccnn2C)C=C(C(=O)Nc2ccc(-c3cc(C4CCN(C(=O)C(C)C)CC4)n4ncnc(N)c34)cc2)C(O)N1c1cccnc1. The maximum Gasteiger partial charge on any atom is 0.256 e. The van der Waals surface area contributed by atoms with Gasteiger partial charge in [-0.05, 0) is 67.8 Å². The number of anilines is 3. The summed E-state index contributed by atoms with van der Waals surface area (Å²) in [4.78, 5) is 38.6. The van der Waals surface area contributed by atoms with Gasteiger partial charge in [0.05, 0.1) is 23.2 Å². The number of carbonyl (C=O) groups is 2. The molecule has 13 nitrogen and oxygen atoms in total. The average Bonchev–Trinajstić information content (AvgIpc) is 3.73. The number of nitrogen functional groups attached to an aromatic ring is 1. The number of aromatic nitrogens is 6. The number of fused-ring (bicyclic) bond motifs is 1. The van der Waals surface area contributed by atoms with E-state index in [1.54, 1.807) is 40.3 Å². The highest BCUT2D eigenvalue weighted by Crippen LogP contribution is 2.38. The molecule has 0 saturated carbocycles. The molecule has 1 aromatic carbocycles. The maximum atomic E-state index is 13.8. The molecule has 7 rings (SSSR count). The summed E-state index contributed by atoms with van der Waals surface area (Å²) < 4.78 is 3.60. The fourth-order valence-electron chi connectivity index (χ4n) is 7.00. The van der Waals surface area contributed by atoms with Crippen molar-refractivity contribution in [3.05, 3.63) is 102 Å². The molecule has 1 atom stereocenters. The monoisotopic (exact) mass is 672 g/mol. The lowest BCUT2D eigenvalue weighted by Crippen LogP contribution is -2.41. The summed E-state index contributed by atoms with van der Waals surface area (Å²) in [6.07, 6.45) is 8.60. The Bertz CT molecular complexity index is 2120. The first kappa shape index (κ1) is 32.7. The van der Waals surface area contributed by atoms with Crippen LogP contribution in [0.1, 0.15) is 50.9 Å². The van der Waals surface area contributed by atoms with Crippen molar-refractivity contribution in [3.8, 4) is 11.1 Å². The standard InChI is InChI=1S/C37H40N10O3/c1-22(2)36(49)45-16-12-25(13-17-45)32-19-29(33-34(38)40-21-42-47(32)33)24-7-9-26(10-8-24)43-35(48)30-18-28(31-11-15-41-44(31)4)23(3)46(37(30)50)27-6-5-14-39-20-27/h5-11,14-15,18-22,25,37,50H,12-13,16-17H2,1-4H3,(H,43,48)(H2,38,40,42). The topological polar surface area (TPSA) is 160 Å². The number of rotatable bonds is 7. The zero-order valence-electron chi connectivity index (χ0n) is 28.5. The van der Waals surface area contributed by atoms with Crippen molar-refractivity contribution in [2.24, 2.45) is 13.0 Å². The zero-order valence-corrected chi connectivity index (χ0v) is 28.5. The first-order chi connectivity index (χ1) is 24.1. The van der Waals surface area contributed by atoms with Gasteiger partial charge in [-0.1, -0.05) is 26.0 Å². The molecule has 0 bridgehead atoms. The number of nitrogens with zero attached hydrogens (tertiary/aromatic N) is 8. The van der Waals surface area contributed by atoms with Gasteiger partial charge >= 0.3 is 0 Å². The summed E-state index contributed by atoms with van der Waals surface area (Å²) in [6.45, 7) is 7.16. The van der Waals surface area contributed by atoms with Crippen molar-refractivity contribution in [1.29, 1.82) is 0 Å². The van der Waals surface area contributed by atoms with E-state index < -0.39 is 12.1 Å². The molecule has 1 saturated heterocycles. The minimum absolute atomic E-state index is 0.0243. The molecule has 2 amide bonds. The first-order valence-corrected chi connectivity index (χ1v) is 16.7. The van der Waals surface area contributed by atoms with E-state index in [4.69, 9.17) is 5.73 Å². The molecule has 50 heavy (non-hydrogen) atoms. The third-order valence-electron chi connectivity index (χ3n) is 9.64. The van der Waals surface area contributed by atoms with Crippen LogP contribution < -0.4 is 16.0 Å². The van der Waals surface area contributed by atoms with Crippen molar-refractivity contribution >= 4 is 40.1 Å². The molecule has 5 aromatic rings. The lowest BCUT2D eigenvalue weighted by atomic mass is 9.92. The third-order valence-corrected chi connectivity index (χ3v) is 9.64. The van der Waals surface area contributed by atoms with Crippen LogP contribution in [0, 0.1) is 5.92 Å². The van der Waals surface area contributed by atoms with Gasteiger partial charge in [0.2, 0.25) is 5.91 Å². The van der Waals surface area contributed by atoms with E-state index in [0.717, 1.165) is 52.1 Å². The van der Waals surface area contributed by atoms with E-state index in [-0.39, 0.29) is 23.3 Å². The molecule has 13 heteroatoms. The summed E-state index contributed by atoms with van der Waals surface area (Å²) in [6, 6.07) is 15.1. The fourth-order valence-corrected chi connectivity index (χ4v) is 7.00. The van der Waals surface area contributed by atoms with Crippen LogP contribution in [0.15, 0.2) is 90.8 Å². The smallest absolute Gasteiger partial charge is 0.256 e. The molecule has 0 aliphatic carbocycles. The van der Waals surface area contributed by atoms with Crippen molar-refractivity contribution in [1.82, 2.24) is 34.3 Å². The largest absolute Gasteiger partial charge is 0.382 e. The lowest BCUT2D eigenvalue weighted by molar-refractivity contribution is -0.135.